The Balaban J connectivity index is 2.54. The van der Waals surface area contributed by atoms with E-state index in [0.717, 1.165) is 19.0 Å². The maximum atomic E-state index is 5.51. The molecule has 0 saturated heterocycles. The van der Waals surface area contributed by atoms with Crippen LogP contribution in [0, 0.1) is 5.92 Å². The summed E-state index contributed by atoms with van der Waals surface area (Å²) in [4.78, 5) is 4.60. The van der Waals surface area contributed by atoms with Gasteiger partial charge in [-0.15, -0.1) is 0 Å². The van der Waals surface area contributed by atoms with Gasteiger partial charge in [0.25, 0.3) is 0 Å². The standard InChI is InChI=1S/C11H17N3OS/c1-8(7-15-2)6-13-10-5-3-4-9(14-10)11(12)16/h3-5,8H,6-7H2,1-2H3,(H2,12,16)(H,13,14). The number of hydrogen-bond donors (Lipinski definition) is 2. The fraction of sp³-hybridized carbons (Fsp3) is 0.455. The van der Waals surface area contributed by atoms with Gasteiger partial charge in [0, 0.05) is 13.7 Å². The second kappa shape index (κ2) is 6.40. The minimum Gasteiger partial charge on any atom is -0.388 e. The molecule has 1 unspecified atom stereocenters. The molecule has 0 aliphatic heterocycles. The van der Waals surface area contributed by atoms with Crippen molar-refractivity contribution in [2.45, 2.75) is 6.92 Å². The Labute approximate surface area is 101 Å². The van der Waals surface area contributed by atoms with E-state index in [4.69, 9.17) is 22.7 Å². The fourth-order valence-corrected chi connectivity index (χ4v) is 1.41. The molecular formula is C11H17N3OS. The quantitative estimate of drug-likeness (QED) is 0.735. The van der Waals surface area contributed by atoms with Crippen molar-refractivity contribution in [2.75, 3.05) is 25.6 Å². The third kappa shape index (κ3) is 4.12. The lowest BCUT2D eigenvalue weighted by Gasteiger charge is -2.12. The van der Waals surface area contributed by atoms with Gasteiger partial charge in [-0.25, -0.2) is 4.98 Å². The predicted octanol–water partition coefficient (Wildman–Crippen LogP) is 1.41. The molecule has 0 bridgehead atoms. The van der Waals surface area contributed by atoms with Crippen molar-refractivity contribution in [3.8, 4) is 0 Å². The lowest BCUT2D eigenvalue weighted by molar-refractivity contribution is 0.164. The number of thiocarbonyl (C=S) groups is 1. The molecule has 1 aromatic rings. The van der Waals surface area contributed by atoms with Gasteiger partial charge in [-0.3, -0.25) is 0 Å². The molecule has 1 heterocycles. The molecular weight excluding hydrogens is 222 g/mol. The second-order valence-corrected chi connectivity index (χ2v) is 4.15. The summed E-state index contributed by atoms with van der Waals surface area (Å²) in [6.45, 7) is 3.64. The topological polar surface area (TPSA) is 60.2 Å². The Morgan fingerprint density at radius 2 is 2.38 bits per heavy atom. The molecule has 0 fully saturated rings. The Morgan fingerprint density at radius 1 is 1.62 bits per heavy atom. The predicted molar refractivity (Wildman–Crippen MR) is 69.7 cm³/mol. The Morgan fingerprint density at radius 3 is 3.00 bits per heavy atom. The first-order valence-corrected chi connectivity index (χ1v) is 5.54. The molecule has 5 heteroatoms. The summed E-state index contributed by atoms with van der Waals surface area (Å²) in [5.41, 5.74) is 6.15. The van der Waals surface area contributed by atoms with Crippen molar-refractivity contribution in [2.24, 2.45) is 11.7 Å². The van der Waals surface area contributed by atoms with E-state index in [-0.39, 0.29) is 0 Å². The van der Waals surface area contributed by atoms with Crippen molar-refractivity contribution >= 4 is 23.0 Å². The number of ether oxygens (including phenoxy) is 1. The van der Waals surface area contributed by atoms with E-state index in [1.54, 1.807) is 13.2 Å². The molecule has 1 rings (SSSR count). The highest BCUT2D eigenvalue weighted by Gasteiger charge is 2.03. The van der Waals surface area contributed by atoms with Crippen LogP contribution in [0.3, 0.4) is 0 Å². The summed E-state index contributed by atoms with van der Waals surface area (Å²) >= 11 is 4.87. The van der Waals surface area contributed by atoms with Crippen LogP contribution >= 0.6 is 12.2 Å². The van der Waals surface area contributed by atoms with Crippen LogP contribution in [0.1, 0.15) is 12.6 Å². The maximum Gasteiger partial charge on any atom is 0.126 e. The maximum absolute atomic E-state index is 5.51. The number of aromatic nitrogens is 1. The van der Waals surface area contributed by atoms with Gasteiger partial charge < -0.3 is 15.8 Å². The molecule has 0 amide bonds. The van der Waals surface area contributed by atoms with E-state index in [0.29, 0.717) is 16.6 Å². The zero-order valence-corrected chi connectivity index (χ0v) is 10.4. The zero-order chi connectivity index (χ0) is 12.0. The minimum absolute atomic E-state index is 0.314. The molecule has 0 aliphatic carbocycles. The number of pyridine rings is 1. The highest BCUT2D eigenvalue weighted by Crippen LogP contribution is 2.06. The molecule has 88 valence electrons. The minimum atomic E-state index is 0.314. The van der Waals surface area contributed by atoms with Gasteiger partial charge >= 0.3 is 0 Å². The average molecular weight is 239 g/mol. The van der Waals surface area contributed by atoms with Crippen LogP contribution in [-0.4, -0.2) is 30.2 Å². The number of nitrogens with two attached hydrogens (primary N) is 1. The first-order valence-electron chi connectivity index (χ1n) is 5.13. The zero-order valence-electron chi connectivity index (χ0n) is 9.56. The average Bonchev–Trinajstić information content (AvgIpc) is 2.27. The molecule has 0 aliphatic rings. The molecule has 1 atom stereocenters. The van der Waals surface area contributed by atoms with E-state index in [1.165, 1.54) is 0 Å². The van der Waals surface area contributed by atoms with Gasteiger partial charge in [-0.2, -0.15) is 0 Å². The summed E-state index contributed by atoms with van der Waals surface area (Å²) in [6.07, 6.45) is 0. The van der Waals surface area contributed by atoms with Crippen LogP contribution in [0.15, 0.2) is 18.2 Å². The third-order valence-corrected chi connectivity index (χ3v) is 2.29. The number of nitrogens with one attached hydrogen (secondary N) is 1. The summed E-state index contributed by atoms with van der Waals surface area (Å²) < 4.78 is 5.05. The van der Waals surface area contributed by atoms with Gasteiger partial charge in [-0.1, -0.05) is 25.2 Å². The third-order valence-electron chi connectivity index (χ3n) is 2.08. The Hall–Kier alpha value is -1.20. The molecule has 0 saturated carbocycles. The van der Waals surface area contributed by atoms with Gasteiger partial charge in [0.1, 0.15) is 10.8 Å². The van der Waals surface area contributed by atoms with E-state index < -0.39 is 0 Å². The van der Waals surface area contributed by atoms with Crippen molar-refractivity contribution in [3.05, 3.63) is 23.9 Å². The van der Waals surface area contributed by atoms with E-state index >= 15 is 0 Å². The monoisotopic (exact) mass is 239 g/mol. The summed E-state index contributed by atoms with van der Waals surface area (Å²) in [5.74, 6) is 1.22. The van der Waals surface area contributed by atoms with Crippen LogP contribution in [0.4, 0.5) is 5.82 Å². The SMILES string of the molecule is COCC(C)CNc1cccc(C(N)=S)n1. The first-order chi connectivity index (χ1) is 7.63. The van der Waals surface area contributed by atoms with Crippen molar-refractivity contribution in [1.82, 2.24) is 4.98 Å². The van der Waals surface area contributed by atoms with E-state index in [2.05, 4.69) is 17.2 Å². The molecule has 0 spiro atoms. The lowest BCUT2D eigenvalue weighted by atomic mass is 10.2. The van der Waals surface area contributed by atoms with Gasteiger partial charge in [0.05, 0.1) is 12.3 Å². The molecule has 0 aromatic carbocycles. The number of hydrogen-bond acceptors (Lipinski definition) is 4. The van der Waals surface area contributed by atoms with E-state index in [9.17, 15) is 0 Å². The largest absolute Gasteiger partial charge is 0.388 e. The van der Waals surface area contributed by atoms with Crippen molar-refractivity contribution < 1.29 is 4.74 Å². The van der Waals surface area contributed by atoms with Gasteiger partial charge in [0.2, 0.25) is 0 Å². The fourth-order valence-electron chi connectivity index (χ4n) is 1.29. The summed E-state index contributed by atoms with van der Waals surface area (Å²) in [5, 5.41) is 3.22. The number of rotatable bonds is 6. The highest BCUT2D eigenvalue weighted by molar-refractivity contribution is 7.80. The van der Waals surface area contributed by atoms with Crippen LogP contribution in [0.25, 0.3) is 0 Å². The van der Waals surface area contributed by atoms with Crippen LogP contribution in [0.2, 0.25) is 0 Å². The first kappa shape index (κ1) is 12.9. The van der Waals surface area contributed by atoms with Crippen LogP contribution in [0.5, 0.6) is 0 Å². The van der Waals surface area contributed by atoms with Crippen LogP contribution in [-0.2, 0) is 4.74 Å². The highest BCUT2D eigenvalue weighted by atomic mass is 32.1. The molecule has 4 nitrogen and oxygen atoms in total. The number of nitrogens with zero attached hydrogens (tertiary/aromatic N) is 1. The number of anilines is 1. The van der Waals surface area contributed by atoms with Gasteiger partial charge in [0.15, 0.2) is 0 Å². The molecule has 16 heavy (non-hydrogen) atoms. The summed E-state index contributed by atoms with van der Waals surface area (Å²) in [7, 11) is 1.70. The lowest BCUT2D eigenvalue weighted by Crippen LogP contribution is -2.17. The van der Waals surface area contributed by atoms with Crippen LogP contribution < -0.4 is 11.1 Å². The Bertz CT molecular complexity index is 357. The molecule has 1 aromatic heterocycles. The normalized spacial score (nSPS) is 12.1. The summed E-state index contributed by atoms with van der Waals surface area (Å²) in [6, 6.07) is 5.57. The smallest absolute Gasteiger partial charge is 0.126 e. The van der Waals surface area contributed by atoms with Crippen molar-refractivity contribution in [3.63, 3.8) is 0 Å². The van der Waals surface area contributed by atoms with Gasteiger partial charge in [-0.05, 0) is 18.1 Å². The van der Waals surface area contributed by atoms with E-state index in [1.807, 2.05) is 12.1 Å². The number of methoxy groups -OCH3 is 1. The molecule has 0 radical (unpaired) electrons. The Kier molecular flexibility index (Phi) is 5.14. The second-order valence-electron chi connectivity index (χ2n) is 3.71. The molecule has 3 N–H and O–H groups in total. The van der Waals surface area contributed by atoms with Crippen molar-refractivity contribution in [1.29, 1.82) is 0 Å².